The molecule has 116 valence electrons. The average molecular weight is 290 g/mol. The van der Waals surface area contributed by atoms with E-state index < -0.39 is 0 Å². The van der Waals surface area contributed by atoms with Crippen LogP contribution in [0, 0.1) is 6.92 Å². The fourth-order valence-corrected chi connectivity index (χ4v) is 3.06. The highest BCUT2D eigenvalue weighted by Crippen LogP contribution is 2.39. The van der Waals surface area contributed by atoms with E-state index in [0.717, 1.165) is 36.1 Å². The number of likely N-dealkylation sites (tertiary alicyclic amines) is 1. The van der Waals surface area contributed by atoms with Crippen LogP contribution in [0.4, 0.5) is 5.82 Å². The van der Waals surface area contributed by atoms with Crippen LogP contribution in [0.3, 0.4) is 0 Å². The highest BCUT2D eigenvalue weighted by atomic mass is 16.5. The molecule has 2 aliphatic rings. The molecule has 0 amide bonds. The van der Waals surface area contributed by atoms with Gasteiger partial charge in [0.2, 0.25) is 5.88 Å². The van der Waals surface area contributed by atoms with E-state index in [2.05, 4.69) is 27.2 Å². The summed E-state index contributed by atoms with van der Waals surface area (Å²) in [6.07, 6.45) is 6.09. The Balaban J connectivity index is 1.64. The highest BCUT2D eigenvalue weighted by Gasteiger charge is 2.28. The van der Waals surface area contributed by atoms with Crippen molar-refractivity contribution in [2.45, 2.75) is 51.0 Å². The molecule has 3 rings (SSSR count). The van der Waals surface area contributed by atoms with Crippen LogP contribution >= 0.6 is 0 Å². The van der Waals surface area contributed by atoms with Gasteiger partial charge in [0.25, 0.3) is 0 Å². The van der Waals surface area contributed by atoms with Gasteiger partial charge in [-0.2, -0.15) is 4.98 Å². The monoisotopic (exact) mass is 290 g/mol. The zero-order valence-corrected chi connectivity index (χ0v) is 13.4. The van der Waals surface area contributed by atoms with E-state index in [1.165, 1.54) is 32.2 Å². The summed E-state index contributed by atoms with van der Waals surface area (Å²) in [4.78, 5) is 11.7. The van der Waals surface area contributed by atoms with Gasteiger partial charge in [0.05, 0.1) is 12.2 Å². The summed E-state index contributed by atoms with van der Waals surface area (Å²) in [6.45, 7) is 3.98. The Bertz CT molecular complexity index is 501. The van der Waals surface area contributed by atoms with Crippen LogP contribution in [-0.4, -0.2) is 48.2 Å². The third kappa shape index (κ3) is 3.28. The number of nitrogens with zero attached hydrogens (tertiary/aromatic N) is 3. The van der Waals surface area contributed by atoms with Crippen LogP contribution in [0.25, 0.3) is 0 Å². The molecule has 1 aromatic heterocycles. The maximum Gasteiger partial charge on any atom is 0.221 e. The van der Waals surface area contributed by atoms with Crippen LogP contribution in [-0.2, 0) is 0 Å². The molecule has 2 heterocycles. The number of ether oxygens (including phenoxy) is 1. The lowest BCUT2D eigenvalue weighted by Crippen LogP contribution is -2.26. The lowest BCUT2D eigenvalue weighted by atomic mass is 10.1. The van der Waals surface area contributed by atoms with E-state index in [-0.39, 0.29) is 0 Å². The quantitative estimate of drug-likeness (QED) is 0.872. The van der Waals surface area contributed by atoms with E-state index in [0.29, 0.717) is 12.0 Å². The van der Waals surface area contributed by atoms with Gasteiger partial charge < -0.3 is 15.0 Å². The first-order valence-electron chi connectivity index (χ1n) is 8.08. The summed E-state index contributed by atoms with van der Waals surface area (Å²) in [5, 5.41) is 3.16. The van der Waals surface area contributed by atoms with Crippen molar-refractivity contribution in [2.75, 3.05) is 32.6 Å². The molecular formula is C16H26N4O. The Morgan fingerprint density at radius 3 is 2.71 bits per heavy atom. The molecule has 21 heavy (non-hydrogen) atoms. The highest BCUT2D eigenvalue weighted by molar-refractivity contribution is 5.48. The molecular weight excluding hydrogens is 264 g/mol. The third-order valence-electron chi connectivity index (χ3n) is 4.66. The number of nitrogens with one attached hydrogen (secondary N) is 1. The van der Waals surface area contributed by atoms with Gasteiger partial charge in [0, 0.05) is 19.0 Å². The number of anilines is 1. The summed E-state index contributed by atoms with van der Waals surface area (Å²) < 4.78 is 5.99. The molecule has 1 atom stereocenters. The molecule has 0 aromatic carbocycles. The van der Waals surface area contributed by atoms with E-state index >= 15 is 0 Å². The maximum absolute atomic E-state index is 5.99. The number of hydrogen-bond donors (Lipinski definition) is 1. The van der Waals surface area contributed by atoms with Gasteiger partial charge in [0.15, 0.2) is 0 Å². The fraction of sp³-hybridized carbons (Fsp3) is 0.750. The minimum Gasteiger partial charge on any atom is -0.477 e. The topological polar surface area (TPSA) is 50.3 Å². The maximum atomic E-state index is 5.99. The Morgan fingerprint density at radius 2 is 2.10 bits per heavy atom. The molecule has 1 aliphatic heterocycles. The van der Waals surface area contributed by atoms with Crippen LogP contribution in [0.5, 0.6) is 5.88 Å². The molecule has 1 N–H and O–H groups in total. The minimum atomic E-state index is 0.543. The van der Waals surface area contributed by atoms with Crippen molar-refractivity contribution in [2.24, 2.45) is 0 Å². The van der Waals surface area contributed by atoms with E-state index in [4.69, 9.17) is 4.74 Å². The van der Waals surface area contributed by atoms with Crippen molar-refractivity contribution < 1.29 is 4.74 Å². The second-order valence-corrected chi connectivity index (χ2v) is 6.30. The van der Waals surface area contributed by atoms with Crippen LogP contribution in [0.1, 0.15) is 49.4 Å². The summed E-state index contributed by atoms with van der Waals surface area (Å²) in [6, 6.07) is 0.666. The van der Waals surface area contributed by atoms with Crippen molar-refractivity contribution in [3.8, 4) is 5.88 Å². The van der Waals surface area contributed by atoms with E-state index in [1.54, 1.807) is 0 Å². The fourth-order valence-electron chi connectivity index (χ4n) is 3.06. The standard InChI is InChI=1S/C16H26N4O/c1-11-14(17-2)18-15(12-6-7-12)19-16(11)21-10-8-13-5-4-9-20(13)3/h12-13H,4-10H2,1-3H3,(H,17,18,19). The molecule has 0 bridgehead atoms. The Labute approximate surface area is 127 Å². The molecule has 5 heteroatoms. The van der Waals surface area contributed by atoms with Crippen LogP contribution in [0.2, 0.25) is 0 Å². The second-order valence-electron chi connectivity index (χ2n) is 6.30. The summed E-state index contributed by atoms with van der Waals surface area (Å²) in [5.74, 6) is 3.15. The lowest BCUT2D eigenvalue weighted by molar-refractivity contribution is 0.227. The summed E-state index contributed by atoms with van der Waals surface area (Å²) in [5.41, 5.74) is 1.02. The number of aromatic nitrogens is 2. The zero-order chi connectivity index (χ0) is 14.8. The second kappa shape index (κ2) is 6.18. The van der Waals surface area contributed by atoms with Crippen molar-refractivity contribution in [1.82, 2.24) is 14.9 Å². The Hall–Kier alpha value is -1.36. The SMILES string of the molecule is CNc1nc(C2CC2)nc(OCCC2CCCN2C)c1C. The molecule has 1 aliphatic carbocycles. The van der Waals surface area contributed by atoms with Gasteiger partial charge in [0.1, 0.15) is 11.6 Å². The third-order valence-corrected chi connectivity index (χ3v) is 4.66. The number of hydrogen-bond acceptors (Lipinski definition) is 5. The van der Waals surface area contributed by atoms with Gasteiger partial charge >= 0.3 is 0 Å². The predicted molar refractivity (Wildman–Crippen MR) is 84.1 cm³/mol. The first-order chi connectivity index (χ1) is 10.2. The molecule has 1 saturated heterocycles. The number of rotatable bonds is 6. The first-order valence-corrected chi connectivity index (χ1v) is 8.08. The molecule has 5 nitrogen and oxygen atoms in total. The van der Waals surface area contributed by atoms with Crippen LogP contribution < -0.4 is 10.1 Å². The molecule has 1 unspecified atom stereocenters. The lowest BCUT2D eigenvalue weighted by Gasteiger charge is -2.19. The molecule has 2 fully saturated rings. The van der Waals surface area contributed by atoms with Crippen molar-refractivity contribution >= 4 is 5.82 Å². The van der Waals surface area contributed by atoms with Gasteiger partial charge in [-0.15, -0.1) is 0 Å². The van der Waals surface area contributed by atoms with Gasteiger partial charge in [-0.1, -0.05) is 0 Å². The van der Waals surface area contributed by atoms with Gasteiger partial charge in [-0.3, -0.25) is 0 Å². The van der Waals surface area contributed by atoms with Crippen LogP contribution in [0.15, 0.2) is 0 Å². The average Bonchev–Trinajstić information content (AvgIpc) is 3.25. The van der Waals surface area contributed by atoms with Gasteiger partial charge in [-0.25, -0.2) is 4.98 Å². The Morgan fingerprint density at radius 1 is 1.29 bits per heavy atom. The molecule has 0 radical (unpaired) electrons. The van der Waals surface area contributed by atoms with E-state index in [1.807, 2.05) is 14.0 Å². The molecule has 1 aromatic rings. The smallest absolute Gasteiger partial charge is 0.221 e. The predicted octanol–water partition coefficient (Wildman–Crippen LogP) is 2.57. The van der Waals surface area contributed by atoms with E-state index in [9.17, 15) is 0 Å². The Kier molecular flexibility index (Phi) is 4.29. The first kappa shape index (κ1) is 14.6. The van der Waals surface area contributed by atoms with Gasteiger partial charge in [-0.05, 0) is 52.6 Å². The summed E-state index contributed by atoms with van der Waals surface area (Å²) in [7, 11) is 4.11. The molecule has 0 spiro atoms. The summed E-state index contributed by atoms with van der Waals surface area (Å²) >= 11 is 0. The molecule has 1 saturated carbocycles. The van der Waals surface area contributed by atoms with Crippen molar-refractivity contribution in [3.05, 3.63) is 11.4 Å². The normalized spacial score (nSPS) is 22.5. The largest absolute Gasteiger partial charge is 0.477 e. The van der Waals surface area contributed by atoms with Crippen molar-refractivity contribution in [1.29, 1.82) is 0 Å². The van der Waals surface area contributed by atoms with Crippen molar-refractivity contribution in [3.63, 3.8) is 0 Å². The minimum absolute atomic E-state index is 0.543. The zero-order valence-electron chi connectivity index (χ0n) is 13.4.